The fourth-order valence-corrected chi connectivity index (χ4v) is 1.84. The Bertz CT molecular complexity index is 200. The largest absolute Gasteiger partial charge is 0.409 e. The quantitative estimate of drug-likeness (QED) is 0.201. The van der Waals surface area contributed by atoms with Gasteiger partial charge in [-0.25, -0.2) is 0 Å². The molecule has 4 N–H and O–H groups in total. The average molecular weight is 214 g/mol. The second-order valence-corrected chi connectivity index (χ2v) is 4.23. The van der Waals surface area contributed by atoms with Crippen molar-refractivity contribution in [1.29, 1.82) is 0 Å². The molecular weight excluding hydrogens is 192 g/mol. The summed E-state index contributed by atoms with van der Waals surface area (Å²) in [5, 5.41) is 14.8. The molecule has 5 nitrogen and oxygen atoms in total. The Kier molecular flexibility index (Phi) is 5.42. The van der Waals surface area contributed by atoms with E-state index in [0.29, 0.717) is 18.3 Å². The van der Waals surface area contributed by atoms with E-state index in [1.54, 1.807) is 0 Å². The number of amidine groups is 1. The van der Waals surface area contributed by atoms with E-state index in [1.807, 2.05) is 0 Å². The lowest BCUT2D eigenvalue weighted by atomic mass is 10.1. The molecule has 0 atom stereocenters. The van der Waals surface area contributed by atoms with Crippen LogP contribution in [0.1, 0.15) is 25.7 Å². The molecule has 0 unspecified atom stereocenters. The summed E-state index contributed by atoms with van der Waals surface area (Å²) >= 11 is 0. The smallest absolute Gasteiger partial charge is 0.139 e. The van der Waals surface area contributed by atoms with E-state index < -0.39 is 0 Å². The number of nitrogens with zero attached hydrogens (tertiary/aromatic N) is 2. The Balaban J connectivity index is 2.01. The first-order chi connectivity index (χ1) is 7.22. The molecule has 15 heavy (non-hydrogen) atoms. The number of nitrogens with one attached hydrogen (secondary N) is 1. The molecule has 1 rings (SSSR count). The van der Waals surface area contributed by atoms with Crippen LogP contribution in [0.5, 0.6) is 0 Å². The van der Waals surface area contributed by atoms with Crippen molar-refractivity contribution in [3.8, 4) is 0 Å². The van der Waals surface area contributed by atoms with Crippen LogP contribution in [0.25, 0.3) is 0 Å². The van der Waals surface area contributed by atoms with Gasteiger partial charge >= 0.3 is 0 Å². The lowest BCUT2D eigenvalue weighted by molar-refractivity contribution is 0.235. The highest BCUT2D eigenvalue weighted by Crippen LogP contribution is 2.07. The zero-order chi connectivity index (χ0) is 11.1. The molecule has 5 heteroatoms. The van der Waals surface area contributed by atoms with Crippen LogP contribution in [0.15, 0.2) is 5.16 Å². The van der Waals surface area contributed by atoms with Gasteiger partial charge in [-0.1, -0.05) is 5.16 Å². The van der Waals surface area contributed by atoms with Gasteiger partial charge in [0.25, 0.3) is 0 Å². The third-order valence-electron chi connectivity index (χ3n) is 2.89. The van der Waals surface area contributed by atoms with Crippen molar-refractivity contribution in [3.05, 3.63) is 0 Å². The van der Waals surface area contributed by atoms with Gasteiger partial charge in [0.15, 0.2) is 0 Å². The molecule has 1 aliphatic rings. The highest BCUT2D eigenvalue weighted by molar-refractivity contribution is 5.79. The summed E-state index contributed by atoms with van der Waals surface area (Å²) in [7, 11) is 2.16. The number of nitrogens with two attached hydrogens (primary N) is 1. The van der Waals surface area contributed by atoms with Crippen molar-refractivity contribution < 1.29 is 5.21 Å². The topological polar surface area (TPSA) is 73.9 Å². The number of hydrogen-bond acceptors (Lipinski definition) is 4. The summed E-state index contributed by atoms with van der Waals surface area (Å²) in [6.07, 6.45) is 4.04. The normalized spacial score (nSPS) is 20.7. The fraction of sp³-hybridized carbons (Fsp3) is 0.900. The van der Waals surface area contributed by atoms with Gasteiger partial charge in [-0.15, -0.1) is 0 Å². The molecule has 0 aliphatic carbocycles. The zero-order valence-electron chi connectivity index (χ0n) is 9.45. The number of hydrogen-bond donors (Lipinski definition) is 3. The molecule has 0 amide bonds. The number of oxime groups is 1. The van der Waals surface area contributed by atoms with Crippen LogP contribution in [0.4, 0.5) is 0 Å². The van der Waals surface area contributed by atoms with E-state index >= 15 is 0 Å². The van der Waals surface area contributed by atoms with Crippen LogP contribution in [0.2, 0.25) is 0 Å². The maximum Gasteiger partial charge on any atom is 0.139 e. The van der Waals surface area contributed by atoms with Crippen molar-refractivity contribution in [2.75, 3.05) is 26.7 Å². The van der Waals surface area contributed by atoms with Crippen LogP contribution in [-0.2, 0) is 0 Å². The zero-order valence-corrected chi connectivity index (χ0v) is 9.45. The van der Waals surface area contributed by atoms with Crippen molar-refractivity contribution in [2.45, 2.75) is 31.7 Å². The molecule has 0 aromatic rings. The van der Waals surface area contributed by atoms with Crippen molar-refractivity contribution in [2.24, 2.45) is 10.9 Å². The van der Waals surface area contributed by atoms with Gasteiger partial charge in [0.1, 0.15) is 5.84 Å². The van der Waals surface area contributed by atoms with Gasteiger partial charge in [0.05, 0.1) is 0 Å². The molecule has 1 fully saturated rings. The van der Waals surface area contributed by atoms with Crippen molar-refractivity contribution in [3.63, 3.8) is 0 Å². The van der Waals surface area contributed by atoms with Crippen molar-refractivity contribution in [1.82, 2.24) is 10.2 Å². The second-order valence-electron chi connectivity index (χ2n) is 4.23. The van der Waals surface area contributed by atoms with Gasteiger partial charge in [-0.3, -0.25) is 0 Å². The van der Waals surface area contributed by atoms with Crippen LogP contribution in [-0.4, -0.2) is 48.7 Å². The molecule has 1 aliphatic heterocycles. The molecule has 1 saturated heterocycles. The molecule has 0 bridgehead atoms. The average Bonchev–Trinajstić information content (AvgIpc) is 2.26. The maximum absolute atomic E-state index is 8.35. The highest BCUT2D eigenvalue weighted by atomic mass is 16.4. The molecule has 1 heterocycles. The molecule has 0 aromatic heterocycles. The fourth-order valence-electron chi connectivity index (χ4n) is 1.84. The molecule has 0 radical (unpaired) electrons. The highest BCUT2D eigenvalue weighted by Gasteiger charge is 2.15. The summed E-state index contributed by atoms with van der Waals surface area (Å²) in [6.45, 7) is 3.31. The minimum Gasteiger partial charge on any atom is -0.409 e. The van der Waals surface area contributed by atoms with Gasteiger partial charge in [0, 0.05) is 12.5 Å². The third kappa shape index (κ3) is 4.99. The van der Waals surface area contributed by atoms with Gasteiger partial charge in [0.2, 0.25) is 0 Å². The Hall–Kier alpha value is -0.810. The first-order valence-corrected chi connectivity index (χ1v) is 5.60. The predicted molar refractivity (Wildman–Crippen MR) is 61.2 cm³/mol. The van der Waals surface area contributed by atoms with E-state index in [4.69, 9.17) is 10.9 Å². The Morgan fingerprint density at radius 1 is 1.53 bits per heavy atom. The van der Waals surface area contributed by atoms with Crippen LogP contribution in [0.3, 0.4) is 0 Å². The molecule has 0 aromatic carbocycles. The molecule has 0 saturated carbocycles. The van der Waals surface area contributed by atoms with Gasteiger partial charge < -0.3 is 21.2 Å². The van der Waals surface area contributed by atoms with Crippen LogP contribution >= 0.6 is 0 Å². The SMILES string of the molecule is CN1CCC(NCCCC(N)=NO)CC1. The van der Waals surface area contributed by atoms with E-state index in [1.165, 1.54) is 25.9 Å². The monoisotopic (exact) mass is 214 g/mol. The Morgan fingerprint density at radius 2 is 2.20 bits per heavy atom. The van der Waals surface area contributed by atoms with E-state index in [-0.39, 0.29) is 0 Å². The first kappa shape index (κ1) is 12.3. The first-order valence-electron chi connectivity index (χ1n) is 5.60. The summed E-state index contributed by atoms with van der Waals surface area (Å²) < 4.78 is 0. The van der Waals surface area contributed by atoms with Gasteiger partial charge in [-0.05, 0) is 45.9 Å². The third-order valence-corrected chi connectivity index (χ3v) is 2.89. The standard InChI is InChI=1S/C10H22N4O/c1-14-7-4-9(5-8-14)12-6-2-3-10(11)13-15/h9,12,15H,2-8H2,1H3,(H2,11,13). The number of piperidine rings is 1. The lowest BCUT2D eigenvalue weighted by Crippen LogP contribution is -2.41. The number of likely N-dealkylation sites (tertiary alicyclic amines) is 1. The summed E-state index contributed by atoms with van der Waals surface area (Å²) in [5.41, 5.74) is 5.38. The Labute approximate surface area is 91.3 Å². The molecular formula is C10H22N4O. The summed E-state index contributed by atoms with van der Waals surface area (Å²) in [6, 6.07) is 0.647. The van der Waals surface area contributed by atoms with Crippen LogP contribution < -0.4 is 11.1 Å². The second kappa shape index (κ2) is 6.63. The minimum atomic E-state index is 0.320. The summed E-state index contributed by atoms with van der Waals surface area (Å²) in [4.78, 5) is 2.36. The van der Waals surface area contributed by atoms with Gasteiger partial charge in [-0.2, -0.15) is 0 Å². The molecule has 0 spiro atoms. The van der Waals surface area contributed by atoms with E-state index in [2.05, 4.69) is 22.4 Å². The van der Waals surface area contributed by atoms with Crippen molar-refractivity contribution >= 4 is 5.84 Å². The lowest BCUT2D eigenvalue weighted by Gasteiger charge is -2.29. The predicted octanol–water partition coefficient (Wildman–Crippen LogP) is 0.197. The maximum atomic E-state index is 8.35. The molecule has 88 valence electrons. The van der Waals surface area contributed by atoms with Crippen LogP contribution in [0, 0.1) is 0 Å². The van der Waals surface area contributed by atoms with E-state index in [0.717, 1.165) is 13.0 Å². The summed E-state index contributed by atoms with van der Waals surface area (Å²) in [5.74, 6) is 0.320. The minimum absolute atomic E-state index is 0.320. The Morgan fingerprint density at radius 3 is 2.80 bits per heavy atom. The number of rotatable bonds is 5. The van der Waals surface area contributed by atoms with E-state index in [9.17, 15) is 0 Å².